The fraction of sp³-hybridized carbons (Fsp3) is 0.429. The van der Waals surface area contributed by atoms with Crippen LogP contribution in [0.5, 0.6) is 5.75 Å². The molecule has 6 nitrogen and oxygen atoms in total. The van der Waals surface area contributed by atoms with Crippen LogP contribution in [0.1, 0.15) is 30.1 Å². The molecule has 0 aromatic heterocycles. The van der Waals surface area contributed by atoms with Crippen LogP contribution in [-0.2, 0) is 0 Å². The number of aromatic hydroxyl groups is 1. The second kappa shape index (κ2) is 8.79. The molecule has 0 fully saturated rings. The van der Waals surface area contributed by atoms with Gasteiger partial charge in [-0.3, -0.25) is 9.79 Å². The minimum absolute atomic E-state index is 0.0291. The molecular formula is C14H22N4O2. The highest BCUT2D eigenvalue weighted by Gasteiger charge is 2.08. The van der Waals surface area contributed by atoms with Gasteiger partial charge in [0.1, 0.15) is 5.75 Å². The number of benzene rings is 1. The summed E-state index contributed by atoms with van der Waals surface area (Å²) >= 11 is 0. The molecule has 5 N–H and O–H groups in total. The Balaban J connectivity index is 2.26. The van der Waals surface area contributed by atoms with Gasteiger partial charge < -0.3 is 21.5 Å². The minimum atomic E-state index is -0.314. The van der Waals surface area contributed by atoms with E-state index in [-0.39, 0.29) is 17.2 Å². The standard InChI is InChI=1S/C14H22N4O2/c1-2-3-8-17-14(15)18-10-9-16-13(20)11-6-4-5-7-12(11)19/h4-7,19H,2-3,8-10H2,1H3,(H,16,20)(H3,15,17,18). The van der Waals surface area contributed by atoms with Crippen molar-refractivity contribution in [2.24, 2.45) is 10.7 Å². The number of carbonyl (C=O) groups excluding carboxylic acids is 1. The van der Waals surface area contributed by atoms with Crippen molar-refractivity contribution in [3.8, 4) is 5.75 Å². The largest absolute Gasteiger partial charge is 0.507 e. The average Bonchev–Trinajstić information content (AvgIpc) is 2.44. The predicted octanol–water partition coefficient (Wildman–Crippen LogP) is 0.826. The van der Waals surface area contributed by atoms with Crippen LogP contribution < -0.4 is 16.4 Å². The van der Waals surface area contributed by atoms with E-state index >= 15 is 0 Å². The Morgan fingerprint density at radius 2 is 2.00 bits per heavy atom. The maximum absolute atomic E-state index is 11.8. The number of nitrogens with zero attached hydrogens (tertiary/aromatic N) is 1. The van der Waals surface area contributed by atoms with E-state index in [1.807, 2.05) is 0 Å². The lowest BCUT2D eigenvalue weighted by atomic mass is 10.2. The number of hydrogen-bond donors (Lipinski definition) is 4. The molecular weight excluding hydrogens is 256 g/mol. The van der Waals surface area contributed by atoms with Crippen LogP contribution in [0.2, 0.25) is 0 Å². The minimum Gasteiger partial charge on any atom is -0.507 e. The summed E-state index contributed by atoms with van der Waals surface area (Å²) in [6.45, 7) is 3.69. The number of para-hydroxylation sites is 1. The second-order valence-electron chi connectivity index (χ2n) is 4.32. The molecule has 1 amide bonds. The SMILES string of the molecule is CCCCN=C(N)NCCNC(=O)c1ccccc1O. The van der Waals surface area contributed by atoms with Gasteiger partial charge in [-0.2, -0.15) is 0 Å². The van der Waals surface area contributed by atoms with E-state index < -0.39 is 0 Å². The molecule has 0 bridgehead atoms. The highest BCUT2D eigenvalue weighted by molar-refractivity contribution is 5.96. The van der Waals surface area contributed by atoms with E-state index in [9.17, 15) is 9.90 Å². The van der Waals surface area contributed by atoms with Crippen molar-refractivity contribution in [3.63, 3.8) is 0 Å². The predicted molar refractivity (Wildman–Crippen MR) is 79.8 cm³/mol. The van der Waals surface area contributed by atoms with Crippen LogP contribution in [0.3, 0.4) is 0 Å². The van der Waals surface area contributed by atoms with Gasteiger partial charge in [-0.1, -0.05) is 25.5 Å². The third kappa shape index (κ3) is 5.60. The van der Waals surface area contributed by atoms with Gasteiger partial charge in [-0.05, 0) is 18.6 Å². The molecule has 1 rings (SSSR count). The molecule has 0 unspecified atom stereocenters. The highest BCUT2D eigenvalue weighted by atomic mass is 16.3. The molecule has 0 aliphatic heterocycles. The Bertz CT molecular complexity index is 460. The van der Waals surface area contributed by atoms with Crippen molar-refractivity contribution < 1.29 is 9.90 Å². The molecule has 0 radical (unpaired) electrons. The van der Waals surface area contributed by atoms with Gasteiger partial charge in [0.15, 0.2) is 5.96 Å². The topological polar surface area (TPSA) is 99.7 Å². The van der Waals surface area contributed by atoms with Crippen molar-refractivity contribution in [2.45, 2.75) is 19.8 Å². The number of amides is 1. The first-order valence-corrected chi connectivity index (χ1v) is 6.75. The lowest BCUT2D eigenvalue weighted by Gasteiger charge is -2.08. The summed E-state index contributed by atoms with van der Waals surface area (Å²) in [4.78, 5) is 15.9. The first-order valence-electron chi connectivity index (χ1n) is 6.75. The Kier molecular flexibility index (Phi) is 6.95. The Morgan fingerprint density at radius 3 is 2.70 bits per heavy atom. The lowest BCUT2D eigenvalue weighted by Crippen LogP contribution is -2.38. The van der Waals surface area contributed by atoms with E-state index in [1.165, 1.54) is 6.07 Å². The van der Waals surface area contributed by atoms with Crippen molar-refractivity contribution in [3.05, 3.63) is 29.8 Å². The summed E-state index contributed by atoms with van der Waals surface area (Å²) in [5, 5.41) is 15.1. The first kappa shape index (κ1) is 15.8. The van der Waals surface area contributed by atoms with Gasteiger partial charge in [-0.15, -0.1) is 0 Å². The smallest absolute Gasteiger partial charge is 0.255 e. The molecule has 6 heteroatoms. The maximum Gasteiger partial charge on any atom is 0.255 e. The first-order chi connectivity index (χ1) is 9.65. The average molecular weight is 278 g/mol. The Labute approximate surface area is 119 Å². The molecule has 0 saturated carbocycles. The van der Waals surface area contributed by atoms with Crippen LogP contribution in [0, 0.1) is 0 Å². The van der Waals surface area contributed by atoms with Crippen LogP contribution in [0.4, 0.5) is 0 Å². The number of unbranched alkanes of at least 4 members (excludes halogenated alkanes) is 1. The Hall–Kier alpha value is -2.24. The van der Waals surface area contributed by atoms with Crippen LogP contribution in [-0.4, -0.2) is 36.6 Å². The zero-order valence-electron chi connectivity index (χ0n) is 11.7. The summed E-state index contributed by atoms with van der Waals surface area (Å²) in [6, 6.07) is 6.41. The van der Waals surface area contributed by atoms with E-state index in [1.54, 1.807) is 18.2 Å². The van der Waals surface area contributed by atoms with Gasteiger partial charge in [0, 0.05) is 19.6 Å². The van der Waals surface area contributed by atoms with Crippen molar-refractivity contribution in [2.75, 3.05) is 19.6 Å². The van der Waals surface area contributed by atoms with Gasteiger partial charge in [0.05, 0.1) is 5.56 Å². The van der Waals surface area contributed by atoms with E-state index in [0.29, 0.717) is 25.6 Å². The number of phenols is 1. The van der Waals surface area contributed by atoms with Gasteiger partial charge in [-0.25, -0.2) is 0 Å². The van der Waals surface area contributed by atoms with Gasteiger partial charge >= 0.3 is 0 Å². The van der Waals surface area contributed by atoms with E-state index in [4.69, 9.17) is 5.73 Å². The summed E-state index contributed by atoms with van der Waals surface area (Å²) in [7, 11) is 0. The van der Waals surface area contributed by atoms with Crippen LogP contribution >= 0.6 is 0 Å². The maximum atomic E-state index is 11.8. The number of phenolic OH excluding ortho intramolecular Hbond substituents is 1. The van der Waals surface area contributed by atoms with Crippen LogP contribution in [0.25, 0.3) is 0 Å². The number of aliphatic imine (C=N–C) groups is 1. The van der Waals surface area contributed by atoms with Crippen LogP contribution in [0.15, 0.2) is 29.3 Å². The third-order valence-corrected chi connectivity index (χ3v) is 2.66. The van der Waals surface area contributed by atoms with Crippen molar-refractivity contribution >= 4 is 11.9 Å². The molecule has 1 aromatic rings. The summed E-state index contributed by atoms with van der Waals surface area (Å²) in [5.41, 5.74) is 5.91. The zero-order chi connectivity index (χ0) is 14.8. The molecule has 0 aliphatic rings. The fourth-order valence-electron chi connectivity index (χ4n) is 1.54. The fourth-order valence-corrected chi connectivity index (χ4v) is 1.54. The molecule has 1 aromatic carbocycles. The number of rotatable bonds is 7. The number of guanidine groups is 1. The quantitative estimate of drug-likeness (QED) is 0.337. The molecule has 0 saturated heterocycles. The number of hydrogen-bond acceptors (Lipinski definition) is 3. The number of carbonyl (C=O) groups is 1. The number of nitrogens with two attached hydrogens (primary N) is 1. The van der Waals surface area contributed by atoms with E-state index in [2.05, 4.69) is 22.5 Å². The number of nitrogens with one attached hydrogen (secondary N) is 2. The molecule has 0 heterocycles. The third-order valence-electron chi connectivity index (χ3n) is 2.66. The summed E-state index contributed by atoms with van der Waals surface area (Å²) in [5.74, 6) is 0.0419. The highest BCUT2D eigenvalue weighted by Crippen LogP contribution is 2.14. The van der Waals surface area contributed by atoms with Crippen molar-refractivity contribution in [1.82, 2.24) is 10.6 Å². The summed E-state index contributed by atoms with van der Waals surface area (Å²) in [6.07, 6.45) is 2.08. The van der Waals surface area contributed by atoms with Gasteiger partial charge in [0.25, 0.3) is 5.91 Å². The summed E-state index contributed by atoms with van der Waals surface area (Å²) < 4.78 is 0. The molecule has 110 valence electrons. The normalized spacial score (nSPS) is 11.2. The van der Waals surface area contributed by atoms with Crippen molar-refractivity contribution in [1.29, 1.82) is 0 Å². The zero-order valence-corrected chi connectivity index (χ0v) is 11.7. The molecule has 0 aliphatic carbocycles. The molecule has 20 heavy (non-hydrogen) atoms. The van der Waals surface area contributed by atoms with E-state index in [0.717, 1.165) is 12.8 Å². The Morgan fingerprint density at radius 1 is 1.30 bits per heavy atom. The molecule has 0 atom stereocenters. The second-order valence-corrected chi connectivity index (χ2v) is 4.32. The molecule has 0 spiro atoms. The van der Waals surface area contributed by atoms with Gasteiger partial charge in [0.2, 0.25) is 0 Å². The monoisotopic (exact) mass is 278 g/mol. The lowest BCUT2D eigenvalue weighted by molar-refractivity contribution is 0.0951.